The van der Waals surface area contributed by atoms with E-state index in [1.807, 2.05) is 58.0 Å². The lowest BCUT2D eigenvalue weighted by atomic mass is 9.77. The minimum Gasteiger partial charge on any atom is -0.444 e. The van der Waals surface area contributed by atoms with Gasteiger partial charge in [-0.15, -0.1) is 0 Å². The van der Waals surface area contributed by atoms with Crippen LogP contribution in [0, 0.1) is 17.2 Å². The van der Waals surface area contributed by atoms with Gasteiger partial charge in [0.2, 0.25) is 0 Å². The van der Waals surface area contributed by atoms with Crippen LogP contribution in [0.3, 0.4) is 0 Å². The Morgan fingerprint density at radius 3 is 2.59 bits per heavy atom. The summed E-state index contributed by atoms with van der Waals surface area (Å²) in [7, 11) is 0. The molecule has 2 amide bonds. The zero-order valence-electron chi connectivity index (χ0n) is 19.0. The molecule has 0 bridgehead atoms. The van der Waals surface area contributed by atoms with Crippen LogP contribution in [0.1, 0.15) is 50.9 Å². The predicted octanol–water partition coefficient (Wildman–Crippen LogP) is 3.61. The van der Waals surface area contributed by atoms with Crippen LogP contribution in [-0.2, 0) is 10.3 Å². The van der Waals surface area contributed by atoms with E-state index < -0.39 is 17.0 Å². The molecule has 3 rings (SSSR count). The standard InChI is InChI=1S/C23H30N6O3/c1-16-14-28(21(31)32-22(2,3)4)13-11-23(16,10-12-24)29-15-18(19(25)30)20(27-29)26-17-8-6-5-7-9-17/h5-9,15-16H,10-11,13-14H2,1-4H3,(H2,25,30)(H,26,27)/t16-,23?/m1/s1. The number of piperidine rings is 1. The number of hydrogen-bond acceptors (Lipinski definition) is 6. The summed E-state index contributed by atoms with van der Waals surface area (Å²) in [6.07, 6.45) is 1.90. The van der Waals surface area contributed by atoms with E-state index in [-0.39, 0.29) is 24.0 Å². The minimum atomic E-state index is -0.686. The number of para-hydroxylation sites is 1. The van der Waals surface area contributed by atoms with Gasteiger partial charge in [-0.25, -0.2) is 4.79 Å². The number of hydrogen-bond donors (Lipinski definition) is 2. The molecule has 1 aromatic heterocycles. The van der Waals surface area contributed by atoms with Crippen LogP contribution in [-0.4, -0.2) is 45.4 Å². The van der Waals surface area contributed by atoms with Crippen LogP contribution in [0.5, 0.6) is 0 Å². The number of primary amides is 1. The van der Waals surface area contributed by atoms with Crippen molar-refractivity contribution in [2.75, 3.05) is 18.4 Å². The lowest BCUT2D eigenvalue weighted by molar-refractivity contribution is -0.00458. The molecule has 0 aliphatic carbocycles. The highest BCUT2D eigenvalue weighted by molar-refractivity contribution is 5.98. The Balaban J connectivity index is 1.91. The van der Waals surface area contributed by atoms with E-state index in [0.717, 1.165) is 5.69 Å². The molecular weight excluding hydrogens is 408 g/mol. The van der Waals surface area contributed by atoms with Gasteiger partial charge in [0.25, 0.3) is 5.91 Å². The summed E-state index contributed by atoms with van der Waals surface area (Å²) in [6.45, 7) is 8.28. The maximum atomic E-state index is 12.6. The monoisotopic (exact) mass is 438 g/mol. The number of nitriles is 1. The van der Waals surface area contributed by atoms with E-state index in [9.17, 15) is 14.9 Å². The molecule has 2 heterocycles. The van der Waals surface area contributed by atoms with Crippen LogP contribution < -0.4 is 11.1 Å². The molecule has 1 aliphatic rings. The normalized spacial score (nSPS) is 21.0. The molecule has 9 nitrogen and oxygen atoms in total. The van der Waals surface area contributed by atoms with Gasteiger partial charge in [-0.1, -0.05) is 25.1 Å². The summed E-state index contributed by atoms with van der Waals surface area (Å²) < 4.78 is 7.19. The molecular formula is C23H30N6O3. The summed E-state index contributed by atoms with van der Waals surface area (Å²) in [5.41, 5.74) is 5.35. The summed E-state index contributed by atoms with van der Waals surface area (Å²) >= 11 is 0. The molecule has 2 atom stereocenters. The molecule has 2 aromatic rings. The van der Waals surface area contributed by atoms with E-state index >= 15 is 0 Å². The molecule has 170 valence electrons. The molecule has 32 heavy (non-hydrogen) atoms. The van der Waals surface area contributed by atoms with E-state index in [0.29, 0.717) is 25.3 Å². The van der Waals surface area contributed by atoms with Crippen LogP contribution in [0.25, 0.3) is 0 Å². The molecule has 0 radical (unpaired) electrons. The average molecular weight is 439 g/mol. The molecule has 3 N–H and O–H groups in total. The van der Waals surface area contributed by atoms with Crippen molar-refractivity contribution < 1.29 is 14.3 Å². The number of nitrogens with two attached hydrogens (primary N) is 1. The first kappa shape index (κ1) is 23.1. The second-order valence-electron chi connectivity index (χ2n) is 9.21. The van der Waals surface area contributed by atoms with Crippen molar-refractivity contribution in [1.29, 1.82) is 5.26 Å². The number of nitrogens with one attached hydrogen (secondary N) is 1. The number of amides is 2. The van der Waals surface area contributed by atoms with Crippen molar-refractivity contribution >= 4 is 23.5 Å². The van der Waals surface area contributed by atoms with E-state index in [4.69, 9.17) is 10.5 Å². The fourth-order valence-electron chi connectivity index (χ4n) is 4.01. The Morgan fingerprint density at radius 1 is 1.34 bits per heavy atom. The van der Waals surface area contributed by atoms with E-state index in [1.165, 1.54) is 0 Å². The summed E-state index contributed by atoms with van der Waals surface area (Å²) in [6, 6.07) is 11.6. The van der Waals surface area contributed by atoms with Gasteiger partial charge < -0.3 is 20.7 Å². The maximum absolute atomic E-state index is 12.6. The highest BCUT2D eigenvalue weighted by atomic mass is 16.6. The van der Waals surface area contributed by atoms with Crippen molar-refractivity contribution in [3.8, 4) is 6.07 Å². The highest BCUT2D eigenvalue weighted by Crippen LogP contribution is 2.39. The Bertz CT molecular complexity index is 1020. The smallest absolute Gasteiger partial charge is 0.410 e. The quantitative estimate of drug-likeness (QED) is 0.734. The minimum absolute atomic E-state index is 0.117. The molecule has 0 saturated carbocycles. The lowest BCUT2D eigenvalue weighted by Gasteiger charge is -2.45. The number of carbonyl (C=O) groups is 2. The number of ether oxygens (including phenoxy) is 1. The Kier molecular flexibility index (Phi) is 6.44. The van der Waals surface area contributed by atoms with Crippen LogP contribution in [0.15, 0.2) is 36.5 Å². The number of benzene rings is 1. The lowest BCUT2D eigenvalue weighted by Crippen LogP contribution is -2.54. The summed E-state index contributed by atoms with van der Waals surface area (Å²) in [5.74, 6) is -0.392. The fraction of sp³-hybridized carbons (Fsp3) is 0.478. The predicted molar refractivity (Wildman–Crippen MR) is 120 cm³/mol. The SMILES string of the molecule is C[C@@H]1CN(C(=O)OC(C)(C)C)CCC1(CC#N)n1cc(C(N)=O)c(Nc2ccccc2)n1. The summed E-state index contributed by atoms with van der Waals surface area (Å²) in [5, 5.41) is 17.4. The third kappa shape index (κ3) is 4.85. The number of anilines is 2. The molecule has 1 saturated heterocycles. The number of likely N-dealkylation sites (tertiary alicyclic amines) is 1. The van der Waals surface area contributed by atoms with Crippen molar-refractivity contribution in [2.24, 2.45) is 11.7 Å². The first-order chi connectivity index (χ1) is 15.1. The second-order valence-corrected chi connectivity index (χ2v) is 9.21. The molecule has 9 heteroatoms. The van der Waals surface area contributed by atoms with Crippen LogP contribution in [0.4, 0.5) is 16.3 Å². The van der Waals surface area contributed by atoms with E-state index in [2.05, 4.69) is 16.5 Å². The molecule has 1 aliphatic heterocycles. The zero-order chi connectivity index (χ0) is 23.5. The average Bonchev–Trinajstić information content (AvgIpc) is 3.13. The molecule has 0 spiro atoms. The van der Waals surface area contributed by atoms with Gasteiger partial charge in [0.1, 0.15) is 11.2 Å². The van der Waals surface area contributed by atoms with Gasteiger partial charge >= 0.3 is 6.09 Å². The van der Waals surface area contributed by atoms with Gasteiger partial charge in [-0.2, -0.15) is 10.4 Å². The Morgan fingerprint density at radius 2 is 2.03 bits per heavy atom. The topological polar surface area (TPSA) is 126 Å². The second kappa shape index (κ2) is 8.91. The van der Waals surface area contributed by atoms with Crippen LogP contribution in [0.2, 0.25) is 0 Å². The third-order valence-electron chi connectivity index (χ3n) is 5.74. The third-order valence-corrected chi connectivity index (χ3v) is 5.74. The maximum Gasteiger partial charge on any atom is 0.410 e. The van der Waals surface area contributed by atoms with Gasteiger partial charge in [-0.05, 0) is 39.3 Å². The number of aromatic nitrogens is 2. The van der Waals surface area contributed by atoms with Crippen molar-refractivity contribution in [3.05, 3.63) is 42.1 Å². The fourth-order valence-corrected chi connectivity index (χ4v) is 4.01. The van der Waals surface area contributed by atoms with Crippen LogP contribution >= 0.6 is 0 Å². The molecule has 1 aromatic carbocycles. The van der Waals surface area contributed by atoms with Gasteiger partial charge in [0.05, 0.1) is 18.0 Å². The molecule has 1 fully saturated rings. The van der Waals surface area contributed by atoms with Crippen molar-refractivity contribution in [1.82, 2.24) is 14.7 Å². The first-order valence-electron chi connectivity index (χ1n) is 10.6. The Labute approximate surface area is 188 Å². The van der Waals surface area contributed by atoms with Crippen molar-refractivity contribution in [2.45, 2.75) is 51.7 Å². The van der Waals surface area contributed by atoms with Gasteiger partial charge in [0, 0.05) is 30.9 Å². The van der Waals surface area contributed by atoms with Crippen molar-refractivity contribution in [3.63, 3.8) is 0 Å². The van der Waals surface area contributed by atoms with E-state index in [1.54, 1.807) is 15.8 Å². The summed E-state index contributed by atoms with van der Waals surface area (Å²) in [4.78, 5) is 26.3. The largest absolute Gasteiger partial charge is 0.444 e. The molecule has 1 unspecified atom stereocenters. The van der Waals surface area contributed by atoms with Gasteiger partial charge in [0.15, 0.2) is 5.82 Å². The Hall–Kier alpha value is -3.54. The highest BCUT2D eigenvalue weighted by Gasteiger charge is 2.45. The number of rotatable bonds is 5. The number of carbonyl (C=O) groups excluding carboxylic acids is 2. The van der Waals surface area contributed by atoms with Gasteiger partial charge in [-0.3, -0.25) is 9.48 Å². The zero-order valence-corrected chi connectivity index (χ0v) is 19.0. The number of nitrogens with zero attached hydrogens (tertiary/aromatic N) is 4. The first-order valence-corrected chi connectivity index (χ1v) is 10.6.